The molecule has 0 spiro atoms. The summed E-state index contributed by atoms with van der Waals surface area (Å²) in [7, 11) is 1.81. The molecule has 1 saturated heterocycles. The zero-order valence-corrected chi connectivity index (χ0v) is 15.0. The van der Waals surface area contributed by atoms with Gasteiger partial charge in [-0.2, -0.15) is 0 Å². The van der Waals surface area contributed by atoms with Crippen molar-refractivity contribution < 1.29 is 4.39 Å². The molecule has 4 rings (SSSR count). The summed E-state index contributed by atoms with van der Waals surface area (Å²) >= 11 is 0. The van der Waals surface area contributed by atoms with Crippen molar-refractivity contribution >= 4 is 11.6 Å². The fourth-order valence-corrected chi connectivity index (χ4v) is 3.66. The summed E-state index contributed by atoms with van der Waals surface area (Å²) in [5.41, 5.74) is 1.06. The van der Waals surface area contributed by atoms with Crippen molar-refractivity contribution in [2.75, 3.05) is 38.1 Å². The van der Waals surface area contributed by atoms with E-state index in [-0.39, 0.29) is 5.82 Å². The molecule has 1 N–H and O–H groups in total. The summed E-state index contributed by atoms with van der Waals surface area (Å²) in [6.07, 6.45) is 2.17. The molecule has 0 saturated carbocycles. The number of hydrogen-bond donors (Lipinski definition) is 1. The van der Waals surface area contributed by atoms with Crippen LogP contribution in [0.15, 0.2) is 29.3 Å². The maximum atomic E-state index is 13.1. The number of anilines is 1. The standard InChI is InChI=1S/C18H24FN7/c1-20-18(21-13-17-23-22-16-3-2-8-26(16)17)25-11-9-24(10-12-25)15-6-4-14(19)5-7-15/h4-7H,2-3,8-13H2,1H3,(H,20,21). The lowest BCUT2D eigenvalue weighted by Gasteiger charge is -2.37. The van der Waals surface area contributed by atoms with Gasteiger partial charge in [0.25, 0.3) is 0 Å². The van der Waals surface area contributed by atoms with Crippen LogP contribution in [0.5, 0.6) is 0 Å². The molecule has 0 bridgehead atoms. The van der Waals surface area contributed by atoms with Crippen molar-refractivity contribution in [3.63, 3.8) is 0 Å². The highest BCUT2D eigenvalue weighted by Gasteiger charge is 2.21. The molecule has 138 valence electrons. The van der Waals surface area contributed by atoms with E-state index in [9.17, 15) is 4.39 Å². The van der Waals surface area contributed by atoms with E-state index in [1.165, 1.54) is 12.1 Å². The van der Waals surface area contributed by atoms with Crippen LogP contribution in [-0.2, 0) is 19.5 Å². The summed E-state index contributed by atoms with van der Waals surface area (Å²) in [6.45, 7) is 5.15. The van der Waals surface area contributed by atoms with E-state index in [4.69, 9.17) is 0 Å². The zero-order chi connectivity index (χ0) is 17.9. The third-order valence-electron chi connectivity index (χ3n) is 5.07. The number of piperazine rings is 1. The third kappa shape index (κ3) is 3.36. The summed E-state index contributed by atoms with van der Waals surface area (Å²) in [6, 6.07) is 6.70. The molecule has 1 aromatic heterocycles. The second-order valence-corrected chi connectivity index (χ2v) is 6.64. The molecule has 2 aliphatic heterocycles. The quantitative estimate of drug-likeness (QED) is 0.662. The Kier molecular flexibility index (Phi) is 4.73. The van der Waals surface area contributed by atoms with Crippen molar-refractivity contribution in [1.82, 2.24) is 25.0 Å². The number of guanidine groups is 1. The molecule has 0 radical (unpaired) electrons. The Labute approximate surface area is 152 Å². The summed E-state index contributed by atoms with van der Waals surface area (Å²) < 4.78 is 15.3. The monoisotopic (exact) mass is 357 g/mol. The lowest BCUT2D eigenvalue weighted by atomic mass is 10.2. The van der Waals surface area contributed by atoms with Gasteiger partial charge in [-0.15, -0.1) is 10.2 Å². The molecule has 2 aliphatic rings. The first-order valence-electron chi connectivity index (χ1n) is 9.11. The first kappa shape index (κ1) is 16.8. The van der Waals surface area contributed by atoms with Crippen molar-refractivity contribution in [3.05, 3.63) is 41.7 Å². The van der Waals surface area contributed by atoms with Crippen LogP contribution in [0.2, 0.25) is 0 Å². The van der Waals surface area contributed by atoms with Crippen LogP contribution >= 0.6 is 0 Å². The number of nitrogens with zero attached hydrogens (tertiary/aromatic N) is 6. The molecule has 0 amide bonds. The average molecular weight is 357 g/mol. The molecule has 2 aromatic rings. The van der Waals surface area contributed by atoms with E-state index >= 15 is 0 Å². The van der Waals surface area contributed by atoms with Gasteiger partial charge in [0.05, 0.1) is 6.54 Å². The Balaban J connectivity index is 1.33. The minimum Gasteiger partial charge on any atom is -0.368 e. The number of rotatable bonds is 3. The Morgan fingerprint density at radius 3 is 2.62 bits per heavy atom. The maximum Gasteiger partial charge on any atom is 0.194 e. The molecule has 1 aromatic carbocycles. The number of halogens is 1. The van der Waals surface area contributed by atoms with E-state index in [0.717, 1.165) is 68.9 Å². The number of aromatic nitrogens is 3. The molecule has 26 heavy (non-hydrogen) atoms. The summed E-state index contributed by atoms with van der Waals surface area (Å²) in [4.78, 5) is 8.94. The smallest absolute Gasteiger partial charge is 0.194 e. The van der Waals surface area contributed by atoms with Crippen LogP contribution in [0.1, 0.15) is 18.1 Å². The van der Waals surface area contributed by atoms with Crippen LogP contribution in [0, 0.1) is 5.82 Å². The van der Waals surface area contributed by atoms with Crippen LogP contribution in [0.3, 0.4) is 0 Å². The Bertz CT molecular complexity index is 775. The van der Waals surface area contributed by atoms with Crippen LogP contribution in [0.4, 0.5) is 10.1 Å². The lowest BCUT2D eigenvalue weighted by molar-refractivity contribution is 0.371. The largest absolute Gasteiger partial charge is 0.368 e. The van der Waals surface area contributed by atoms with Crippen molar-refractivity contribution in [2.24, 2.45) is 4.99 Å². The van der Waals surface area contributed by atoms with E-state index in [1.54, 1.807) is 0 Å². The number of aryl methyl sites for hydroxylation is 1. The van der Waals surface area contributed by atoms with Gasteiger partial charge in [0, 0.05) is 51.9 Å². The molecule has 0 aliphatic carbocycles. The number of fused-ring (bicyclic) bond motifs is 1. The van der Waals surface area contributed by atoms with Gasteiger partial charge in [-0.05, 0) is 30.7 Å². The number of hydrogen-bond acceptors (Lipinski definition) is 4. The molecular formula is C18H24FN7. The van der Waals surface area contributed by atoms with E-state index < -0.39 is 0 Å². The van der Waals surface area contributed by atoms with Crippen molar-refractivity contribution in [2.45, 2.75) is 25.9 Å². The van der Waals surface area contributed by atoms with Crippen LogP contribution < -0.4 is 10.2 Å². The van der Waals surface area contributed by atoms with Crippen molar-refractivity contribution in [3.8, 4) is 0 Å². The second kappa shape index (κ2) is 7.31. The first-order valence-corrected chi connectivity index (χ1v) is 9.11. The number of aliphatic imine (C=N–C) groups is 1. The van der Waals surface area contributed by atoms with Gasteiger partial charge in [-0.3, -0.25) is 4.99 Å². The molecule has 8 heteroatoms. The second-order valence-electron chi connectivity index (χ2n) is 6.64. The predicted molar refractivity (Wildman–Crippen MR) is 98.7 cm³/mol. The van der Waals surface area contributed by atoms with Gasteiger partial charge in [-0.1, -0.05) is 0 Å². The van der Waals surface area contributed by atoms with Gasteiger partial charge >= 0.3 is 0 Å². The van der Waals surface area contributed by atoms with Gasteiger partial charge < -0.3 is 19.7 Å². The van der Waals surface area contributed by atoms with Crippen molar-refractivity contribution in [1.29, 1.82) is 0 Å². The Morgan fingerprint density at radius 1 is 1.12 bits per heavy atom. The Hall–Kier alpha value is -2.64. The van der Waals surface area contributed by atoms with E-state index in [0.29, 0.717) is 6.54 Å². The van der Waals surface area contributed by atoms with Gasteiger partial charge in [0.1, 0.15) is 11.6 Å². The fraction of sp³-hybridized carbons (Fsp3) is 0.500. The molecule has 0 atom stereocenters. The molecular weight excluding hydrogens is 333 g/mol. The summed E-state index contributed by atoms with van der Waals surface area (Å²) in [5.74, 6) is 2.75. The SMILES string of the molecule is CN=C(NCc1nnc2n1CCC2)N1CCN(c2ccc(F)cc2)CC1. The zero-order valence-electron chi connectivity index (χ0n) is 15.0. The van der Waals surface area contributed by atoms with Crippen LogP contribution in [-0.4, -0.2) is 58.9 Å². The highest BCUT2D eigenvalue weighted by Crippen LogP contribution is 2.17. The lowest BCUT2D eigenvalue weighted by Crippen LogP contribution is -2.52. The number of nitrogens with one attached hydrogen (secondary N) is 1. The van der Waals surface area contributed by atoms with Crippen LogP contribution in [0.25, 0.3) is 0 Å². The molecule has 3 heterocycles. The van der Waals surface area contributed by atoms with Gasteiger partial charge in [-0.25, -0.2) is 4.39 Å². The van der Waals surface area contributed by atoms with E-state index in [2.05, 4.69) is 34.9 Å². The average Bonchev–Trinajstić information content (AvgIpc) is 3.28. The maximum absolute atomic E-state index is 13.1. The highest BCUT2D eigenvalue weighted by atomic mass is 19.1. The highest BCUT2D eigenvalue weighted by molar-refractivity contribution is 5.80. The molecule has 7 nitrogen and oxygen atoms in total. The fourth-order valence-electron chi connectivity index (χ4n) is 3.66. The minimum atomic E-state index is -0.197. The van der Waals surface area contributed by atoms with Gasteiger partial charge in [0.15, 0.2) is 11.8 Å². The number of benzene rings is 1. The van der Waals surface area contributed by atoms with Gasteiger partial charge in [0.2, 0.25) is 0 Å². The predicted octanol–water partition coefficient (Wildman–Crippen LogP) is 1.26. The molecule has 0 unspecified atom stereocenters. The first-order chi connectivity index (χ1) is 12.7. The Morgan fingerprint density at radius 2 is 1.88 bits per heavy atom. The minimum absolute atomic E-state index is 0.197. The van der Waals surface area contributed by atoms with E-state index in [1.807, 2.05) is 19.2 Å². The molecule has 1 fully saturated rings. The normalized spacial score (nSPS) is 17.5. The summed E-state index contributed by atoms with van der Waals surface area (Å²) in [5, 5.41) is 12.0. The third-order valence-corrected chi connectivity index (χ3v) is 5.07. The topological polar surface area (TPSA) is 61.6 Å².